The van der Waals surface area contributed by atoms with Gasteiger partial charge in [-0.05, 0) is 82.6 Å². The molecule has 0 unspecified atom stereocenters. The zero-order valence-electron chi connectivity index (χ0n) is 24.6. The molecule has 0 radical (unpaired) electrons. The fourth-order valence-electron chi connectivity index (χ4n) is 7.27. The average Bonchev–Trinajstić information content (AvgIpc) is 3.38. The number of rotatable bonds is 5. The Kier molecular flexibility index (Phi) is 6.09. The van der Waals surface area contributed by atoms with Crippen LogP contribution in [-0.4, -0.2) is 0 Å². The summed E-state index contributed by atoms with van der Waals surface area (Å²) >= 11 is 0. The minimum atomic E-state index is -0.515. The van der Waals surface area contributed by atoms with E-state index in [0.29, 0.717) is 0 Å². The van der Waals surface area contributed by atoms with Gasteiger partial charge in [-0.15, -0.1) is 0 Å². The van der Waals surface area contributed by atoms with Crippen LogP contribution >= 0.6 is 0 Å². The maximum Gasteiger partial charge on any atom is 0.132 e. The van der Waals surface area contributed by atoms with E-state index < -0.39 is 5.41 Å². The van der Waals surface area contributed by atoms with E-state index in [2.05, 4.69) is 158 Å². The average molecular weight is 566 g/mol. The van der Waals surface area contributed by atoms with E-state index in [0.717, 1.165) is 39.7 Å². The molecule has 0 fully saturated rings. The lowest BCUT2D eigenvalue weighted by atomic mass is 9.66. The fourth-order valence-corrected chi connectivity index (χ4v) is 7.27. The number of ether oxygens (including phenoxy) is 1. The van der Waals surface area contributed by atoms with E-state index in [1.54, 1.807) is 6.08 Å². The molecule has 2 heteroatoms. The van der Waals surface area contributed by atoms with Crippen molar-refractivity contribution in [3.8, 4) is 16.9 Å². The Balaban J connectivity index is 1.45. The van der Waals surface area contributed by atoms with Crippen molar-refractivity contribution in [3.05, 3.63) is 192 Å². The summed E-state index contributed by atoms with van der Waals surface area (Å²) in [5, 5.41) is 2.41. The summed E-state index contributed by atoms with van der Waals surface area (Å²) in [6.45, 7) is 6.13. The van der Waals surface area contributed by atoms with E-state index in [9.17, 15) is 0 Å². The molecule has 2 nitrogen and oxygen atoms in total. The molecule has 6 aromatic carbocycles. The molecular weight excluding hydrogens is 534 g/mol. The van der Waals surface area contributed by atoms with E-state index in [1.165, 1.54) is 33.0 Å². The Morgan fingerprint density at radius 3 is 2.05 bits per heavy atom. The summed E-state index contributed by atoms with van der Waals surface area (Å²) in [6.07, 6.45) is 5.79. The third-order valence-electron chi connectivity index (χ3n) is 9.14. The van der Waals surface area contributed by atoms with Crippen LogP contribution in [0.15, 0.2) is 176 Å². The quantitative estimate of drug-likeness (QED) is 0.193. The molecule has 0 aromatic heterocycles. The standard InChI is InChI=1S/C42H31NO/c1-3-4-25-40-29(2)42(36-22-12-10-20-34(36)35-21-11-13-23-37(35)42)38-28-32(26-27-41(38)44-40)43(31-17-6-5-7-18-31)39-24-14-16-30-15-8-9-19-33(30)39/h3-28H,1H2,2H3/b25-4-. The summed E-state index contributed by atoms with van der Waals surface area (Å²) in [6, 6.07) is 50.1. The highest BCUT2D eigenvalue weighted by Crippen LogP contribution is 2.61. The van der Waals surface area contributed by atoms with E-state index >= 15 is 0 Å². The maximum absolute atomic E-state index is 6.71. The van der Waals surface area contributed by atoms with E-state index in [-0.39, 0.29) is 0 Å². The van der Waals surface area contributed by atoms with Crippen LogP contribution in [0.1, 0.15) is 23.6 Å². The van der Waals surface area contributed by atoms with Gasteiger partial charge < -0.3 is 9.64 Å². The second-order valence-corrected chi connectivity index (χ2v) is 11.4. The fraction of sp³-hybridized carbons (Fsp3) is 0.0476. The first-order valence-corrected chi connectivity index (χ1v) is 15.1. The number of hydrogen-bond acceptors (Lipinski definition) is 2. The zero-order valence-corrected chi connectivity index (χ0v) is 24.6. The number of hydrogen-bond donors (Lipinski definition) is 0. The highest BCUT2D eigenvalue weighted by molar-refractivity contribution is 5.99. The highest BCUT2D eigenvalue weighted by Gasteiger charge is 2.50. The third kappa shape index (κ3) is 3.74. The number of para-hydroxylation sites is 1. The lowest BCUT2D eigenvalue weighted by Gasteiger charge is -2.40. The van der Waals surface area contributed by atoms with Crippen LogP contribution in [0.4, 0.5) is 17.1 Å². The first-order chi connectivity index (χ1) is 21.7. The number of allylic oxidation sites excluding steroid dienone is 4. The van der Waals surface area contributed by atoms with Crippen molar-refractivity contribution >= 4 is 27.8 Å². The Morgan fingerprint density at radius 2 is 1.30 bits per heavy atom. The molecule has 2 aliphatic rings. The number of nitrogens with zero attached hydrogens (tertiary/aromatic N) is 1. The summed E-state index contributed by atoms with van der Waals surface area (Å²) in [4.78, 5) is 2.37. The molecule has 1 aliphatic carbocycles. The van der Waals surface area contributed by atoms with Crippen molar-refractivity contribution in [2.75, 3.05) is 4.90 Å². The molecular formula is C42H31NO. The summed E-state index contributed by atoms with van der Waals surface area (Å²) in [7, 11) is 0. The van der Waals surface area contributed by atoms with Crippen molar-refractivity contribution in [2.24, 2.45) is 0 Å². The van der Waals surface area contributed by atoms with E-state index in [4.69, 9.17) is 4.74 Å². The van der Waals surface area contributed by atoms with Crippen LogP contribution < -0.4 is 9.64 Å². The van der Waals surface area contributed by atoms with Crippen molar-refractivity contribution in [1.82, 2.24) is 0 Å². The third-order valence-corrected chi connectivity index (χ3v) is 9.14. The van der Waals surface area contributed by atoms with Crippen LogP contribution in [0.25, 0.3) is 21.9 Å². The molecule has 0 bridgehead atoms. The molecule has 0 amide bonds. The molecule has 1 spiro atoms. The minimum absolute atomic E-state index is 0.515. The van der Waals surface area contributed by atoms with Crippen LogP contribution in [0, 0.1) is 0 Å². The Labute approximate surface area is 258 Å². The largest absolute Gasteiger partial charge is 0.457 e. The predicted molar refractivity (Wildman–Crippen MR) is 183 cm³/mol. The van der Waals surface area contributed by atoms with Gasteiger partial charge in [0.05, 0.1) is 11.1 Å². The van der Waals surface area contributed by atoms with Gasteiger partial charge in [-0.1, -0.05) is 122 Å². The second-order valence-electron chi connectivity index (χ2n) is 11.4. The lowest BCUT2D eigenvalue weighted by molar-refractivity contribution is 0.399. The first-order valence-electron chi connectivity index (χ1n) is 15.1. The smallest absolute Gasteiger partial charge is 0.132 e. The number of fused-ring (bicyclic) bond motifs is 8. The molecule has 6 aromatic rings. The summed E-state index contributed by atoms with van der Waals surface area (Å²) < 4.78 is 6.71. The SMILES string of the molecule is C=C/C=C\C1=C(C)C2(c3cc(N(c4ccccc4)c4cccc5ccccc45)ccc3O1)c1ccccc1-c1ccccc12. The van der Waals surface area contributed by atoms with Gasteiger partial charge in [0, 0.05) is 22.3 Å². The van der Waals surface area contributed by atoms with Crippen LogP contribution in [0.5, 0.6) is 5.75 Å². The molecule has 0 atom stereocenters. The molecule has 210 valence electrons. The van der Waals surface area contributed by atoms with E-state index in [1.807, 2.05) is 12.2 Å². The van der Waals surface area contributed by atoms with Gasteiger partial charge in [-0.3, -0.25) is 0 Å². The van der Waals surface area contributed by atoms with Gasteiger partial charge >= 0.3 is 0 Å². The lowest BCUT2D eigenvalue weighted by Crippen LogP contribution is -2.33. The Bertz CT molecular complexity index is 2080. The molecule has 0 N–H and O–H groups in total. The number of benzene rings is 6. The normalized spacial score (nSPS) is 14.3. The Hall–Kier alpha value is -5.60. The van der Waals surface area contributed by atoms with Crippen molar-refractivity contribution < 1.29 is 4.74 Å². The van der Waals surface area contributed by atoms with Crippen molar-refractivity contribution in [1.29, 1.82) is 0 Å². The monoisotopic (exact) mass is 565 g/mol. The van der Waals surface area contributed by atoms with Crippen LogP contribution in [-0.2, 0) is 5.41 Å². The molecule has 1 aliphatic heterocycles. The zero-order chi connectivity index (χ0) is 29.7. The van der Waals surface area contributed by atoms with Gasteiger partial charge in [0.15, 0.2) is 0 Å². The van der Waals surface area contributed by atoms with Gasteiger partial charge in [-0.25, -0.2) is 0 Å². The second kappa shape index (κ2) is 10.3. The van der Waals surface area contributed by atoms with Crippen LogP contribution in [0.2, 0.25) is 0 Å². The topological polar surface area (TPSA) is 12.5 Å². The summed E-state index contributed by atoms with van der Waals surface area (Å²) in [5.41, 5.74) is 10.2. The summed E-state index contributed by atoms with van der Waals surface area (Å²) in [5.74, 6) is 1.71. The first kappa shape index (κ1) is 26.1. The van der Waals surface area contributed by atoms with Gasteiger partial charge in [0.2, 0.25) is 0 Å². The van der Waals surface area contributed by atoms with Gasteiger partial charge in [0.1, 0.15) is 11.5 Å². The molecule has 44 heavy (non-hydrogen) atoms. The van der Waals surface area contributed by atoms with Gasteiger partial charge in [-0.2, -0.15) is 0 Å². The molecule has 0 saturated carbocycles. The number of anilines is 3. The maximum atomic E-state index is 6.71. The molecule has 0 saturated heterocycles. The predicted octanol–water partition coefficient (Wildman–Crippen LogP) is 11.0. The Morgan fingerprint density at radius 1 is 0.636 bits per heavy atom. The van der Waals surface area contributed by atoms with Gasteiger partial charge in [0.25, 0.3) is 0 Å². The molecule has 8 rings (SSSR count). The van der Waals surface area contributed by atoms with Crippen molar-refractivity contribution in [2.45, 2.75) is 12.3 Å². The highest BCUT2D eigenvalue weighted by atomic mass is 16.5. The molecule has 1 heterocycles. The van der Waals surface area contributed by atoms with Crippen molar-refractivity contribution in [3.63, 3.8) is 0 Å². The minimum Gasteiger partial charge on any atom is -0.457 e. The van der Waals surface area contributed by atoms with Crippen LogP contribution in [0.3, 0.4) is 0 Å².